The lowest BCUT2D eigenvalue weighted by atomic mass is 10.1. The number of rotatable bonds is 6. The van der Waals surface area contributed by atoms with Crippen LogP contribution in [-0.2, 0) is 0 Å². The molecule has 3 aromatic rings. The molecule has 2 N–H and O–H groups in total. The molecule has 0 aliphatic heterocycles. The molecule has 0 saturated carbocycles. The zero-order valence-electron chi connectivity index (χ0n) is 16.6. The van der Waals surface area contributed by atoms with Crippen LogP contribution < -0.4 is 15.4 Å². The Morgan fingerprint density at radius 2 is 1.75 bits per heavy atom. The maximum Gasteiger partial charge on any atom is 0.257 e. The van der Waals surface area contributed by atoms with Gasteiger partial charge in [0.2, 0.25) is 0 Å². The van der Waals surface area contributed by atoms with E-state index < -0.39 is 0 Å². The molecule has 0 spiro atoms. The van der Waals surface area contributed by atoms with Crippen LogP contribution in [-0.4, -0.2) is 17.0 Å². The van der Waals surface area contributed by atoms with E-state index in [0.29, 0.717) is 11.3 Å². The number of carbonyl (C=O) groups excluding carboxylic acids is 1. The van der Waals surface area contributed by atoms with E-state index in [2.05, 4.69) is 15.6 Å². The van der Waals surface area contributed by atoms with Gasteiger partial charge in [0.1, 0.15) is 5.75 Å². The lowest BCUT2D eigenvalue weighted by Gasteiger charge is -2.15. The lowest BCUT2D eigenvalue weighted by Crippen LogP contribution is -2.13. The third kappa shape index (κ3) is 4.88. The molecule has 0 saturated heterocycles. The van der Waals surface area contributed by atoms with Gasteiger partial charge in [0, 0.05) is 11.9 Å². The van der Waals surface area contributed by atoms with Crippen molar-refractivity contribution in [2.24, 2.45) is 0 Å². The summed E-state index contributed by atoms with van der Waals surface area (Å²) in [7, 11) is 0. The van der Waals surface area contributed by atoms with E-state index in [1.165, 1.54) is 5.56 Å². The quantitative estimate of drug-likeness (QED) is 0.599. The van der Waals surface area contributed by atoms with Crippen LogP contribution in [0, 0.1) is 13.8 Å². The van der Waals surface area contributed by atoms with Crippen LogP contribution in [0.3, 0.4) is 0 Å². The highest BCUT2D eigenvalue weighted by Gasteiger charge is 2.10. The summed E-state index contributed by atoms with van der Waals surface area (Å²) in [6, 6.07) is 15.3. The van der Waals surface area contributed by atoms with E-state index in [1.54, 1.807) is 18.5 Å². The molecule has 3 rings (SSSR count). The maximum absolute atomic E-state index is 12.6. The number of hydrogen-bond acceptors (Lipinski definition) is 4. The number of carbonyl (C=O) groups is 1. The molecule has 1 amide bonds. The molecule has 2 aromatic carbocycles. The zero-order chi connectivity index (χ0) is 20.1. The Morgan fingerprint density at radius 3 is 2.50 bits per heavy atom. The number of benzene rings is 2. The largest absolute Gasteiger partial charge is 0.489 e. The minimum absolute atomic E-state index is 0.0659. The summed E-state index contributed by atoms with van der Waals surface area (Å²) < 4.78 is 5.83. The third-order valence-corrected chi connectivity index (χ3v) is 4.29. The molecule has 0 aliphatic carbocycles. The Labute approximate surface area is 165 Å². The molecule has 0 unspecified atom stereocenters. The topological polar surface area (TPSA) is 63.2 Å². The molecule has 0 atom stereocenters. The number of pyridine rings is 1. The summed E-state index contributed by atoms with van der Waals surface area (Å²) >= 11 is 0. The normalized spacial score (nSPS) is 10.6. The predicted octanol–water partition coefficient (Wildman–Crippen LogP) is 5.48. The Kier molecular flexibility index (Phi) is 5.94. The van der Waals surface area contributed by atoms with Crippen molar-refractivity contribution in [3.8, 4) is 5.75 Å². The Hall–Kier alpha value is -3.34. The SMILES string of the molecule is Cc1ccc(NC(=O)c2cncc(Nc3ccccc3OC(C)C)c2)cc1C. The van der Waals surface area contributed by atoms with Crippen molar-refractivity contribution in [2.75, 3.05) is 10.6 Å². The Balaban J connectivity index is 1.77. The van der Waals surface area contributed by atoms with Crippen molar-refractivity contribution in [1.82, 2.24) is 4.98 Å². The average Bonchev–Trinajstić information content (AvgIpc) is 2.66. The number of amides is 1. The molecule has 144 valence electrons. The smallest absolute Gasteiger partial charge is 0.257 e. The number of para-hydroxylation sites is 2. The molecule has 28 heavy (non-hydrogen) atoms. The summed E-state index contributed by atoms with van der Waals surface area (Å²) in [5.74, 6) is 0.550. The number of aryl methyl sites for hydroxylation is 2. The van der Waals surface area contributed by atoms with Crippen molar-refractivity contribution >= 4 is 23.0 Å². The number of aromatic nitrogens is 1. The van der Waals surface area contributed by atoms with Gasteiger partial charge >= 0.3 is 0 Å². The van der Waals surface area contributed by atoms with Crippen LogP contribution in [0.15, 0.2) is 60.9 Å². The van der Waals surface area contributed by atoms with Gasteiger partial charge in [0.15, 0.2) is 0 Å². The van der Waals surface area contributed by atoms with Crippen molar-refractivity contribution in [1.29, 1.82) is 0 Å². The second-order valence-electron chi connectivity index (χ2n) is 7.00. The Morgan fingerprint density at radius 1 is 0.964 bits per heavy atom. The summed E-state index contributed by atoms with van der Waals surface area (Å²) in [4.78, 5) is 16.8. The minimum atomic E-state index is -0.203. The highest BCUT2D eigenvalue weighted by molar-refractivity contribution is 6.04. The summed E-state index contributed by atoms with van der Waals surface area (Å²) in [6.45, 7) is 8.03. The van der Waals surface area contributed by atoms with Crippen molar-refractivity contribution < 1.29 is 9.53 Å². The number of anilines is 3. The van der Waals surface area contributed by atoms with Gasteiger partial charge in [-0.3, -0.25) is 9.78 Å². The number of nitrogens with one attached hydrogen (secondary N) is 2. The first-order chi connectivity index (χ1) is 13.4. The second kappa shape index (κ2) is 8.57. The first-order valence-corrected chi connectivity index (χ1v) is 9.29. The first kappa shape index (κ1) is 19.4. The van der Waals surface area contributed by atoms with Crippen molar-refractivity contribution in [3.63, 3.8) is 0 Å². The molecule has 0 radical (unpaired) electrons. The van der Waals surface area contributed by atoms with Gasteiger partial charge in [-0.05, 0) is 69.2 Å². The van der Waals surface area contributed by atoms with E-state index in [4.69, 9.17) is 4.74 Å². The zero-order valence-corrected chi connectivity index (χ0v) is 16.6. The molecule has 0 aliphatic rings. The number of ether oxygens (including phenoxy) is 1. The van der Waals surface area contributed by atoms with E-state index in [-0.39, 0.29) is 12.0 Å². The molecule has 5 nitrogen and oxygen atoms in total. The van der Waals surface area contributed by atoms with Gasteiger partial charge < -0.3 is 15.4 Å². The van der Waals surface area contributed by atoms with Crippen LogP contribution in [0.25, 0.3) is 0 Å². The van der Waals surface area contributed by atoms with Crippen molar-refractivity contribution in [3.05, 3.63) is 77.6 Å². The van der Waals surface area contributed by atoms with Crippen LogP contribution in [0.4, 0.5) is 17.1 Å². The molecular weight excluding hydrogens is 350 g/mol. The van der Waals surface area contributed by atoms with Crippen LogP contribution in [0.2, 0.25) is 0 Å². The van der Waals surface area contributed by atoms with Gasteiger partial charge in [-0.2, -0.15) is 0 Å². The highest BCUT2D eigenvalue weighted by atomic mass is 16.5. The van der Waals surface area contributed by atoms with Crippen LogP contribution >= 0.6 is 0 Å². The molecular formula is C23H25N3O2. The third-order valence-electron chi connectivity index (χ3n) is 4.29. The van der Waals surface area contributed by atoms with E-state index >= 15 is 0 Å². The highest BCUT2D eigenvalue weighted by Crippen LogP contribution is 2.28. The summed E-state index contributed by atoms with van der Waals surface area (Å²) in [5, 5.41) is 6.21. The molecule has 1 heterocycles. The van der Waals surface area contributed by atoms with Gasteiger partial charge in [-0.15, -0.1) is 0 Å². The van der Waals surface area contributed by atoms with Gasteiger partial charge in [-0.25, -0.2) is 0 Å². The monoisotopic (exact) mass is 375 g/mol. The van der Waals surface area contributed by atoms with Gasteiger partial charge in [0.05, 0.1) is 29.2 Å². The molecule has 1 aromatic heterocycles. The number of hydrogen-bond donors (Lipinski definition) is 2. The minimum Gasteiger partial charge on any atom is -0.489 e. The predicted molar refractivity (Wildman–Crippen MR) is 114 cm³/mol. The fraction of sp³-hybridized carbons (Fsp3) is 0.217. The standard InChI is InChI=1S/C23H25N3O2/c1-15(2)28-22-8-6-5-7-21(22)25-20-12-18(13-24-14-20)23(27)26-19-10-9-16(3)17(4)11-19/h5-15,25H,1-4H3,(H,26,27). The van der Waals surface area contributed by atoms with Gasteiger partial charge in [-0.1, -0.05) is 18.2 Å². The van der Waals surface area contributed by atoms with Crippen LogP contribution in [0.1, 0.15) is 35.3 Å². The van der Waals surface area contributed by atoms with E-state index in [1.807, 2.05) is 70.2 Å². The van der Waals surface area contributed by atoms with Gasteiger partial charge in [0.25, 0.3) is 5.91 Å². The second-order valence-corrected chi connectivity index (χ2v) is 7.00. The van der Waals surface area contributed by atoms with Crippen LogP contribution in [0.5, 0.6) is 5.75 Å². The van der Waals surface area contributed by atoms with Crippen molar-refractivity contribution in [2.45, 2.75) is 33.8 Å². The summed E-state index contributed by atoms with van der Waals surface area (Å²) in [6.07, 6.45) is 3.30. The maximum atomic E-state index is 12.6. The van der Waals surface area contributed by atoms with E-state index in [9.17, 15) is 4.79 Å². The molecule has 5 heteroatoms. The molecule has 0 fully saturated rings. The first-order valence-electron chi connectivity index (χ1n) is 9.29. The fourth-order valence-electron chi connectivity index (χ4n) is 2.74. The fourth-order valence-corrected chi connectivity index (χ4v) is 2.74. The molecule has 0 bridgehead atoms. The lowest BCUT2D eigenvalue weighted by molar-refractivity contribution is 0.102. The van der Waals surface area contributed by atoms with E-state index in [0.717, 1.165) is 22.7 Å². The summed E-state index contributed by atoms with van der Waals surface area (Å²) in [5.41, 5.74) is 5.10. The number of nitrogens with zero attached hydrogens (tertiary/aromatic N) is 1. The Bertz CT molecular complexity index is 983. The average molecular weight is 375 g/mol.